The molecule has 0 spiro atoms. The Morgan fingerprint density at radius 3 is 2.81 bits per heavy atom. The number of rotatable bonds is 8. The number of nitrogens with two attached hydrogens (primary N) is 1. The van der Waals surface area contributed by atoms with Gasteiger partial charge in [-0.15, -0.1) is 0 Å². The lowest BCUT2D eigenvalue weighted by Crippen LogP contribution is -2.51. The van der Waals surface area contributed by atoms with Crippen molar-refractivity contribution < 1.29 is 14.6 Å². The number of unbranched alkanes of at least 4 members (excludes halogenated alkanes) is 2. The standard InChI is InChI=1S/C18H29ClN4O3S/c1-4-5-6-9-27-16-21-14(19)13(20)15(22-16)23-18-11(10-24)7-8-12(18)25-17(2,3)26-18/h11-12,24H,4-10,20H2,1-3H3,(H,21,22,23). The van der Waals surface area contributed by atoms with E-state index in [9.17, 15) is 5.11 Å². The number of nitrogens with one attached hydrogen (secondary N) is 1. The number of halogens is 1. The highest BCUT2D eigenvalue weighted by Crippen LogP contribution is 2.50. The molecule has 1 saturated carbocycles. The van der Waals surface area contributed by atoms with Gasteiger partial charge in [-0.3, -0.25) is 0 Å². The number of hydrogen-bond donors (Lipinski definition) is 3. The molecule has 0 bridgehead atoms. The van der Waals surface area contributed by atoms with Gasteiger partial charge in [-0.05, 0) is 33.1 Å². The highest BCUT2D eigenvalue weighted by Gasteiger charge is 2.61. The third-order valence-corrected chi connectivity index (χ3v) is 6.32. The first-order chi connectivity index (χ1) is 12.8. The van der Waals surface area contributed by atoms with Crippen LogP contribution in [0.5, 0.6) is 0 Å². The number of thioether (sulfide) groups is 1. The maximum atomic E-state index is 9.90. The van der Waals surface area contributed by atoms with Crippen molar-refractivity contribution in [2.45, 2.75) is 75.6 Å². The number of anilines is 2. The first kappa shape index (κ1) is 20.9. The summed E-state index contributed by atoms with van der Waals surface area (Å²) in [4.78, 5) is 8.87. The van der Waals surface area contributed by atoms with E-state index in [1.807, 2.05) is 13.8 Å². The minimum Gasteiger partial charge on any atom is -0.396 e. The molecule has 3 rings (SSSR count). The summed E-state index contributed by atoms with van der Waals surface area (Å²) in [6, 6.07) is 0. The van der Waals surface area contributed by atoms with Crippen molar-refractivity contribution in [3.05, 3.63) is 5.15 Å². The van der Waals surface area contributed by atoms with Crippen molar-refractivity contribution >= 4 is 34.9 Å². The van der Waals surface area contributed by atoms with Gasteiger partial charge in [-0.2, -0.15) is 0 Å². The zero-order chi connectivity index (χ0) is 19.7. The molecule has 2 aliphatic rings. The number of aliphatic hydroxyl groups excluding tert-OH is 1. The number of nitrogen functional groups attached to an aromatic ring is 1. The third kappa shape index (κ3) is 4.29. The Bertz CT molecular complexity index is 678. The summed E-state index contributed by atoms with van der Waals surface area (Å²) < 4.78 is 12.3. The summed E-state index contributed by atoms with van der Waals surface area (Å²) in [5, 5.41) is 14.0. The second-order valence-electron chi connectivity index (χ2n) is 7.60. The summed E-state index contributed by atoms with van der Waals surface area (Å²) in [7, 11) is 0. The zero-order valence-corrected chi connectivity index (χ0v) is 17.7. The fraction of sp³-hybridized carbons (Fsp3) is 0.778. The highest BCUT2D eigenvalue weighted by atomic mass is 35.5. The number of ether oxygens (including phenoxy) is 2. The second kappa shape index (κ2) is 8.29. The fourth-order valence-electron chi connectivity index (χ4n) is 3.83. The van der Waals surface area contributed by atoms with Gasteiger partial charge in [-0.1, -0.05) is 43.1 Å². The SMILES string of the molecule is CCCCCSc1nc(Cl)c(N)c(NC23OC(C)(C)OC2CCC3CO)n1. The Morgan fingerprint density at radius 2 is 2.11 bits per heavy atom. The van der Waals surface area contributed by atoms with Gasteiger partial charge in [-0.25, -0.2) is 9.97 Å². The minimum atomic E-state index is -0.881. The zero-order valence-electron chi connectivity index (χ0n) is 16.1. The molecule has 1 aromatic rings. The van der Waals surface area contributed by atoms with E-state index >= 15 is 0 Å². The Labute approximate surface area is 169 Å². The fourth-order valence-corrected chi connectivity index (χ4v) is 4.89. The molecular formula is C18H29ClN4O3S. The van der Waals surface area contributed by atoms with Gasteiger partial charge in [0.25, 0.3) is 0 Å². The summed E-state index contributed by atoms with van der Waals surface area (Å²) in [5.41, 5.74) is 5.55. The second-order valence-corrected chi connectivity index (χ2v) is 9.02. The number of aliphatic hydroxyl groups is 1. The molecule has 1 aliphatic heterocycles. The maximum absolute atomic E-state index is 9.90. The lowest BCUT2D eigenvalue weighted by molar-refractivity contribution is -0.174. The minimum absolute atomic E-state index is 0.0136. The Balaban J connectivity index is 1.85. The lowest BCUT2D eigenvalue weighted by atomic mass is 9.99. The lowest BCUT2D eigenvalue weighted by Gasteiger charge is -2.35. The van der Waals surface area contributed by atoms with E-state index in [1.54, 1.807) is 11.8 Å². The van der Waals surface area contributed by atoms with Crippen LogP contribution in [0.3, 0.4) is 0 Å². The molecule has 7 nitrogen and oxygen atoms in total. The monoisotopic (exact) mass is 416 g/mol. The summed E-state index contributed by atoms with van der Waals surface area (Å²) in [5.74, 6) is 0.472. The van der Waals surface area contributed by atoms with Crippen LogP contribution < -0.4 is 11.1 Å². The van der Waals surface area contributed by atoms with Crippen molar-refractivity contribution in [2.24, 2.45) is 5.92 Å². The number of nitrogens with zero attached hydrogens (tertiary/aromatic N) is 2. The number of aromatic nitrogens is 2. The van der Waals surface area contributed by atoms with Gasteiger partial charge >= 0.3 is 0 Å². The largest absolute Gasteiger partial charge is 0.396 e. The molecule has 3 unspecified atom stereocenters. The molecule has 9 heteroatoms. The topological polar surface area (TPSA) is 103 Å². The van der Waals surface area contributed by atoms with Gasteiger partial charge < -0.3 is 25.6 Å². The van der Waals surface area contributed by atoms with Crippen LogP contribution in [-0.4, -0.2) is 45.1 Å². The predicted molar refractivity (Wildman–Crippen MR) is 108 cm³/mol. The highest BCUT2D eigenvalue weighted by molar-refractivity contribution is 7.99. The summed E-state index contributed by atoms with van der Waals surface area (Å²) in [6.45, 7) is 5.90. The van der Waals surface area contributed by atoms with E-state index in [1.165, 1.54) is 6.42 Å². The number of hydrogen-bond acceptors (Lipinski definition) is 8. The molecule has 1 saturated heterocycles. The molecule has 2 fully saturated rings. The number of fused-ring (bicyclic) bond motifs is 1. The molecule has 1 aliphatic carbocycles. The Kier molecular flexibility index (Phi) is 6.42. The Morgan fingerprint density at radius 1 is 1.33 bits per heavy atom. The third-order valence-electron chi connectivity index (χ3n) is 5.09. The van der Waals surface area contributed by atoms with Crippen LogP contribution in [0.1, 0.15) is 52.9 Å². The molecule has 0 radical (unpaired) electrons. The maximum Gasteiger partial charge on any atom is 0.191 e. The van der Waals surface area contributed by atoms with E-state index < -0.39 is 11.5 Å². The molecule has 1 aromatic heterocycles. The average Bonchev–Trinajstić information content (AvgIpc) is 3.05. The van der Waals surface area contributed by atoms with E-state index in [0.29, 0.717) is 11.0 Å². The quantitative estimate of drug-likeness (QED) is 0.255. The molecule has 2 heterocycles. The first-order valence-electron chi connectivity index (χ1n) is 9.54. The van der Waals surface area contributed by atoms with Gasteiger partial charge in [0, 0.05) is 11.7 Å². The molecule has 4 N–H and O–H groups in total. The van der Waals surface area contributed by atoms with E-state index in [-0.39, 0.29) is 29.5 Å². The molecule has 152 valence electrons. The van der Waals surface area contributed by atoms with Crippen LogP contribution in [0.15, 0.2) is 5.16 Å². The molecule has 0 amide bonds. The van der Waals surface area contributed by atoms with Crippen LogP contribution in [-0.2, 0) is 9.47 Å². The normalized spacial score (nSPS) is 29.1. The van der Waals surface area contributed by atoms with Gasteiger partial charge in [0.05, 0.1) is 6.61 Å². The van der Waals surface area contributed by atoms with Gasteiger partial charge in [0.15, 0.2) is 27.6 Å². The van der Waals surface area contributed by atoms with Crippen LogP contribution in [0.4, 0.5) is 11.5 Å². The smallest absolute Gasteiger partial charge is 0.191 e. The average molecular weight is 417 g/mol. The molecule has 27 heavy (non-hydrogen) atoms. The van der Waals surface area contributed by atoms with Crippen LogP contribution in [0.2, 0.25) is 5.15 Å². The summed E-state index contributed by atoms with van der Waals surface area (Å²) in [6.07, 6.45) is 4.82. The molecular weight excluding hydrogens is 388 g/mol. The van der Waals surface area contributed by atoms with Crippen LogP contribution >= 0.6 is 23.4 Å². The predicted octanol–water partition coefficient (Wildman–Crippen LogP) is 3.66. The van der Waals surface area contributed by atoms with Crippen molar-refractivity contribution in [1.29, 1.82) is 0 Å². The van der Waals surface area contributed by atoms with Gasteiger partial charge in [0.1, 0.15) is 11.8 Å². The van der Waals surface area contributed by atoms with Gasteiger partial charge in [0.2, 0.25) is 0 Å². The molecule has 0 aromatic carbocycles. The molecule has 3 atom stereocenters. The van der Waals surface area contributed by atoms with Crippen molar-refractivity contribution in [2.75, 3.05) is 23.4 Å². The first-order valence-corrected chi connectivity index (χ1v) is 10.9. The summed E-state index contributed by atoms with van der Waals surface area (Å²) >= 11 is 7.82. The van der Waals surface area contributed by atoms with Crippen molar-refractivity contribution in [1.82, 2.24) is 9.97 Å². The van der Waals surface area contributed by atoms with E-state index in [2.05, 4.69) is 22.2 Å². The van der Waals surface area contributed by atoms with Crippen molar-refractivity contribution in [3.8, 4) is 0 Å². The van der Waals surface area contributed by atoms with Crippen LogP contribution in [0.25, 0.3) is 0 Å². The Hall–Kier alpha value is -0.800. The van der Waals surface area contributed by atoms with E-state index in [0.717, 1.165) is 31.4 Å². The van der Waals surface area contributed by atoms with Crippen molar-refractivity contribution in [3.63, 3.8) is 0 Å². The van der Waals surface area contributed by atoms with Crippen LogP contribution in [0, 0.1) is 5.92 Å². The van der Waals surface area contributed by atoms with E-state index in [4.69, 9.17) is 26.8 Å².